The summed E-state index contributed by atoms with van der Waals surface area (Å²) < 4.78 is 15.7. The number of aliphatic hydroxyl groups excluding tert-OH is 6. The second-order valence-corrected chi connectivity index (χ2v) is 7.71. The molecule has 14 nitrogen and oxygen atoms in total. The number of esters is 1. The van der Waals surface area contributed by atoms with Crippen LogP contribution >= 0.6 is 0 Å². The molecule has 1 fully saturated rings. The molecule has 0 bridgehead atoms. The third-order valence-corrected chi connectivity index (χ3v) is 5.08. The highest BCUT2D eigenvalue weighted by Crippen LogP contribution is 2.22. The van der Waals surface area contributed by atoms with E-state index in [0.717, 1.165) is 0 Å². The number of nitrogens with one attached hydrogen (secondary N) is 1. The molecule has 1 unspecified atom stereocenters. The van der Waals surface area contributed by atoms with Crippen molar-refractivity contribution in [1.29, 1.82) is 0 Å². The van der Waals surface area contributed by atoms with Gasteiger partial charge >= 0.3 is 5.97 Å². The summed E-state index contributed by atoms with van der Waals surface area (Å²) in [5, 5.41) is 60.5. The molecule has 1 saturated heterocycles. The van der Waals surface area contributed by atoms with E-state index in [-0.39, 0.29) is 12.8 Å². The lowest BCUT2D eigenvalue weighted by Crippen LogP contribution is -2.63. The molecule has 11 N–H and O–H groups in total. The molecule has 11 atom stereocenters. The fourth-order valence-electron chi connectivity index (χ4n) is 3.03. The van der Waals surface area contributed by atoms with Crippen LogP contribution in [0.1, 0.15) is 13.8 Å². The van der Waals surface area contributed by atoms with E-state index in [1.807, 2.05) is 0 Å². The molecule has 0 amide bonds. The van der Waals surface area contributed by atoms with Gasteiger partial charge in [-0.25, -0.2) is 0 Å². The Kier molecular flexibility index (Phi) is 12.0. The molecule has 32 heavy (non-hydrogen) atoms. The molecule has 0 radical (unpaired) electrons. The molecule has 0 aliphatic carbocycles. The van der Waals surface area contributed by atoms with Crippen molar-refractivity contribution in [3.8, 4) is 0 Å². The van der Waals surface area contributed by atoms with Crippen LogP contribution in [-0.2, 0) is 23.8 Å². The Morgan fingerprint density at radius 2 is 1.88 bits per heavy atom. The highest BCUT2D eigenvalue weighted by Gasteiger charge is 2.44. The normalized spacial score (nSPS) is 31.8. The monoisotopic (exact) mass is 469 g/mol. The third-order valence-electron chi connectivity index (χ3n) is 5.08. The van der Waals surface area contributed by atoms with Gasteiger partial charge in [0.15, 0.2) is 12.4 Å². The van der Waals surface area contributed by atoms with E-state index < -0.39 is 86.3 Å². The maximum atomic E-state index is 12.3. The molecule has 0 aromatic carbocycles. The van der Waals surface area contributed by atoms with Crippen molar-refractivity contribution >= 4 is 12.3 Å². The van der Waals surface area contributed by atoms with Gasteiger partial charge in [0.25, 0.3) is 0 Å². The molecular weight excluding hydrogens is 434 g/mol. The van der Waals surface area contributed by atoms with E-state index >= 15 is 0 Å². The van der Waals surface area contributed by atoms with E-state index in [4.69, 9.17) is 30.8 Å². The number of hydrogen-bond acceptors (Lipinski definition) is 14. The molecule has 1 aliphatic rings. The number of aldehydes is 1. The number of rotatable bonds is 13. The van der Waals surface area contributed by atoms with Crippen molar-refractivity contribution in [2.24, 2.45) is 11.5 Å². The number of hydrogen-bond donors (Lipinski definition) is 9. The number of aliphatic hydroxyl groups is 6. The Morgan fingerprint density at radius 1 is 1.25 bits per heavy atom. The van der Waals surface area contributed by atoms with E-state index in [0.29, 0.717) is 0 Å². The van der Waals surface area contributed by atoms with Gasteiger partial charge in [-0.2, -0.15) is 0 Å². The van der Waals surface area contributed by atoms with Crippen LogP contribution in [0.5, 0.6) is 0 Å². The minimum absolute atomic E-state index is 0.0547. The lowest BCUT2D eigenvalue weighted by atomic mass is 9.97. The predicted molar refractivity (Wildman–Crippen MR) is 107 cm³/mol. The van der Waals surface area contributed by atoms with Crippen LogP contribution in [0.25, 0.3) is 0 Å². The molecule has 0 spiro atoms. The fourth-order valence-corrected chi connectivity index (χ4v) is 3.03. The molecule has 188 valence electrons. The summed E-state index contributed by atoms with van der Waals surface area (Å²) in [6.07, 6.45) is -10.3. The molecule has 1 aliphatic heterocycles. The highest BCUT2D eigenvalue weighted by molar-refractivity contribution is 5.76. The van der Waals surface area contributed by atoms with Gasteiger partial charge < -0.3 is 66.4 Å². The molecule has 1 rings (SSSR count). The zero-order valence-corrected chi connectivity index (χ0v) is 17.9. The summed E-state index contributed by atoms with van der Waals surface area (Å²) in [5.74, 6) is -0.901. The van der Waals surface area contributed by atoms with E-state index in [1.165, 1.54) is 6.92 Å². The van der Waals surface area contributed by atoms with E-state index in [2.05, 4.69) is 5.32 Å². The SMILES string of the molecule is CC(CN[C@@H](C)C(=O)O[C@@H]([C@H](O)[C@H](O)CO)[C@@H](N)C=O)O[C@@H]1[C@@H](N)[C@@H](O)O[C@H](CO)[C@H]1O. The van der Waals surface area contributed by atoms with Gasteiger partial charge in [-0.1, -0.05) is 0 Å². The zero-order valence-electron chi connectivity index (χ0n) is 17.9. The minimum atomic E-state index is -1.79. The summed E-state index contributed by atoms with van der Waals surface area (Å²) in [6, 6.07) is -3.49. The second kappa shape index (κ2) is 13.4. The van der Waals surface area contributed by atoms with Gasteiger partial charge in [-0.15, -0.1) is 0 Å². The third kappa shape index (κ3) is 7.64. The van der Waals surface area contributed by atoms with Gasteiger partial charge in [0, 0.05) is 6.54 Å². The summed E-state index contributed by atoms with van der Waals surface area (Å²) in [4.78, 5) is 23.3. The molecular formula is C18H35N3O11. The summed E-state index contributed by atoms with van der Waals surface area (Å²) in [7, 11) is 0. The van der Waals surface area contributed by atoms with Crippen LogP contribution in [0.2, 0.25) is 0 Å². The van der Waals surface area contributed by atoms with Gasteiger partial charge in [-0.05, 0) is 13.8 Å². The number of carbonyl (C=O) groups excluding carboxylic acids is 2. The summed E-state index contributed by atoms with van der Waals surface area (Å²) >= 11 is 0. The molecule has 1 heterocycles. The average molecular weight is 469 g/mol. The maximum Gasteiger partial charge on any atom is 0.323 e. The van der Waals surface area contributed by atoms with Crippen LogP contribution in [0.15, 0.2) is 0 Å². The fraction of sp³-hybridized carbons (Fsp3) is 0.889. The Bertz CT molecular complexity index is 586. The van der Waals surface area contributed by atoms with E-state index in [9.17, 15) is 35.1 Å². The molecule has 0 aromatic rings. The molecule has 0 saturated carbocycles. The lowest BCUT2D eigenvalue weighted by Gasteiger charge is -2.41. The quantitative estimate of drug-likeness (QED) is 0.0901. The first-order valence-corrected chi connectivity index (χ1v) is 10.1. The van der Waals surface area contributed by atoms with E-state index in [1.54, 1.807) is 6.92 Å². The maximum absolute atomic E-state index is 12.3. The van der Waals surface area contributed by atoms with Crippen molar-refractivity contribution in [2.45, 2.75) is 81.0 Å². The Morgan fingerprint density at radius 3 is 2.41 bits per heavy atom. The Labute approximate surface area is 185 Å². The Hall–Kier alpha value is -1.30. The molecule has 0 aromatic heterocycles. The largest absolute Gasteiger partial charge is 0.456 e. The van der Waals surface area contributed by atoms with Gasteiger partial charge in [0.1, 0.15) is 48.9 Å². The zero-order chi connectivity index (χ0) is 24.6. The predicted octanol–water partition coefficient (Wildman–Crippen LogP) is -5.71. The summed E-state index contributed by atoms with van der Waals surface area (Å²) in [6.45, 7) is 1.69. The summed E-state index contributed by atoms with van der Waals surface area (Å²) in [5.41, 5.74) is 11.3. The van der Waals surface area contributed by atoms with Crippen LogP contribution in [0.4, 0.5) is 0 Å². The van der Waals surface area contributed by atoms with Gasteiger partial charge in [-0.3, -0.25) is 4.79 Å². The highest BCUT2D eigenvalue weighted by atomic mass is 16.6. The number of carbonyl (C=O) groups is 2. The second-order valence-electron chi connectivity index (χ2n) is 7.71. The first-order valence-electron chi connectivity index (χ1n) is 10.1. The first kappa shape index (κ1) is 28.7. The van der Waals surface area contributed by atoms with Crippen molar-refractivity contribution in [3.05, 3.63) is 0 Å². The smallest absolute Gasteiger partial charge is 0.323 e. The van der Waals surface area contributed by atoms with Gasteiger partial charge in [0.2, 0.25) is 0 Å². The van der Waals surface area contributed by atoms with Crippen molar-refractivity contribution < 1.29 is 54.4 Å². The first-order chi connectivity index (χ1) is 15.0. The number of nitrogens with two attached hydrogens (primary N) is 2. The minimum Gasteiger partial charge on any atom is -0.456 e. The van der Waals surface area contributed by atoms with Crippen LogP contribution in [0.3, 0.4) is 0 Å². The van der Waals surface area contributed by atoms with Crippen LogP contribution < -0.4 is 16.8 Å². The number of ether oxygens (including phenoxy) is 3. The molecule has 14 heteroatoms. The Balaban J connectivity index is 2.64. The van der Waals surface area contributed by atoms with Crippen LogP contribution in [0, 0.1) is 0 Å². The van der Waals surface area contributed by atoms with Crippen molar-refractivity contribution in [1.82, 2.24) is 5.32 Å². The standard InChI is InChI=1S/C18H35N3O11/c1-7(30-16-12(20)18(29)31-11(6-24)14(16)27)3-21-8(2)17(28)32-15(9(19)4-22)13(26)10(25)5-23/h4,7-16,18,21,23-27,29H,3,5-6,19-20H2,1-2H3/t7?,8-,9-,10+,11+,12+,13+,14+,15+,16+,18-/m0/s1. The van der Waals surface area contributed by atoms with Gasteiger partial charge in [0.05, 0.1) is 25.4 Å². The van der Waals surface area contributed by atoms with Crippen molar-refractivity contribution in [3.63, 3.8) is 0 Å². The topological polar surface area (TPSA) is 247 Å². The van der Waals surface area contributed by atoms with Crippen LogP contribution in [-0.4, -0.2) is 130 Å². The average Bonchev–Trinajstić information content (AvgIpc) is 2.78. The van der Waals surface area contributed by atoms with Crippen molar-refractivity contribution in [2.75, 3.05) is 19.8 Å². The lowest BCUT2D eigenvalue weighted by molar-refractivity contribution is -0.262.